The lowest BCUT2D eigenvalue weighted by Gasteiger charge is -1.99. The first-order chi connectivity index (χ1) is 7.66. The predicted molar refractivity (Wildman–Crippen MR) is 55.5 cm³/mol. The quantitative estimate of drug-likeness (QED) is 0.821. The van der Waals surface area contributed by atoms with Crippen LogP contribution in [0.25, 0.3) is 0 Å². The van der Waals surface area contributed by atoms with E-state index in [1.54, 1.807) is 19.1 Å². The zero-order valence-electron chi connectivity index (χ0n) is 8.51. The summed E-state index contributed by atoms with van der Waals surface area (Å²) in [7, 11) is -1.49. The van der Waals surface area contributed by atoms with Crippen molar-refractivity contribution >= 4 is 10.8 Å². The molecular weight excluding hydrogens is 231 g/mol. The molecule has 0 fully saturated rings. The summed E-state index contributed by atoms with van der Waals surface area (Å²) in [6, 6.07) is 5.94. The molecule has 2 aromatic rings. The SMILES string of the molecule is Cc1nc(CS(=O)c2ccccc2F)no1. The summed E-state index contributed by atoms with van der Waals surface area (Å²) in [5.74, 6) is 0.291. The smallest absolute Gasteiger partial charge is 0.223 e. The van der Waals surface area contributed by atoms with Crippen LogP contribution in [0.15, 0.2) is 33.7 Å². The van der Waals surface area contributed by atoms with Crippen molar-refractivity contribution in [2.24, 2.45) is 0 Å². The Bertz CT molecular complexity index is 527. The minimum atomic E-state index is -1.49. The van der Waals surface area contributed by atoms with Gasteiger partial charge in [0.2, 0.25) is 5.89 Å². The fourth-order valence-electron chi connectivity index (χ4n) is 1.22. The van der Waals surface area contributed by atoms with Crippen LogP contribution in [0.5, 0.6) is 0 Å². The lowest BCUT2D eigenvalue weighted by Crippen LogP contribution is -2.00. The lowest BCUT2D eigenvalue weighted by molar-refractivity contribution is 0.389. The van der Waals surface area contributed by atoms with Crippen LogP contribution < -0.4 is 0 Å². The third-order valence-corrected chi connectivity index (χ3v) is 3.25. The number of hydrogen-bond acceptors (Lipinski definition) is 4. The first-order valence-electron chi connectivity index (χ1n) is 4.59. The minimum absolute atomic E-state index is 0.0538. The zero-order chi connectivity index (χ0) is 11.5. The lowest BCUT2D eigenvalue weighted by atomic mass is 10.3. The summed E-state index contributed by atoms with van der Waals surface area (Å²) >= 11 is 0. The summed E-state index contributed by atoms with van der Waals surface area (Å²) in [4.78, 5) is 4.07. The molecule has 1 unspecified atom stereocenters. The molecule has 4 nitrogen and oxygen atoms in total. The van der Waals surface area contributed by atoms with E-state index < -0.39 is 16.6 Å². The summed E-state index contributed by atoms with van der Waals surface area (Å²) in [5, 5.41) is 3.61. The van der Waals surface area contributed by atoms with Gasteiger partial charge in [-0.2, -0.15) is 4.98 Å². The second kappa shape index (κ2) is 4.52. The number of nitrogens with zero attached hydrogens (tertiary/aromatic N) is 2. The van der Waals surface area contributed by atoms with Gasteiger partial charge in [-0.1, -0.05) is 17.3 Å². The standard InChI is InChI=1S/C10H9FN2O2S/c1-7-12-10(13-15-7)6-16(14)9-5-3-2-4-8(9)11/h2-5H,6H2,1H3. The molecule has 2 rings (SSSR count). The third kappa shape index (κ3) is 2.33. The van der Waals surface area contributed by atoms with Crippen LogP contribution in [-0.2, 0) is 16.6 Å². The van der Waals surface area contributed by atoms with E-state index in [0.29, 0.717) is 11.7 Å². The molecule has 1 atom stereocenters. The maximum Gasteiger partial charge on any atom is 0.223 e. The van der Waals surface area contributed by atoms with Gasteiger partial charge in [-0.15, -0.1) is 0 Å². The van der Waals surface area contributed by atoms with E-state index in [-0.39, 0.29) is 10.6 Å². The van der Waals surface area contributed by atoms with Gasteiger partial charge >= 0.3 is 0 Å². The van der Waals surface area contributed by atoms with E-state index in [0.717, 1.165) is 0 Å². The molecule has 1 heterocycles. The summed E-state index contributed by atoms with van der Waals surface area (Å²) < 4.78 is 29.8. The van der Waals surface area contributed by atoms with Crippen LogP contribution in [0, 0.1) is 12.7 Å². The molecule has 0 aliphatic rings. The van der Waals surface area contributed by atoms with Gasteiger partial charge < -0.3 is 4.52 Å². The average Bonchev–Trinajstić information content (AvgIpc) is 2.64. The van der Waals surface area contributed by atoms with Crippen LogP contribution in [0.1, 0.15) is 11.7 Å². The van der Waals surface area contributed by atoms with E-state index in [1.165, 1.54) is 12.1 Å². The van der Waals surface area contributed by atoms with Crippen LogP contribution in [0.2, 0.25) is 0 Å². The summed E-state index contributed by atoms with van der Waals surface area (Å²) in [5.41, 5.74) is 0. The molecular formula is C10H9FN2O2S. The second-order valence-electron chi connectivity index (χ2n) is 3.15. The first kappa shape index (κ1) is 10.9. The average molecular weight is 240 g/mol. The molecule has 6 heteroatoms. The van der Waals surface area contributed by atoms with Gasteiger partial charge in [-0.3, -0.25) is 4.21 Å². The van der Waals surface area contributed by atoms with E-state index in [9.17, 15) is 8.60 Å². The highest BCUT2D eigenvalue weighted by Crippen LogP contribution is 2.14. The Balaban J connectivity index is 2.18. The molecule has 1 aromatic heterocycles. The second-order valence-corrected chi connectivity index (χ2v) is 4.57. The van der Waals surface area contributed by atoms with Crippen molar-refractivity contribution in [1.29, 1.82) is 0 Å². The van der Waals surface area contributed by atoms with Gasteiger partial charge in [0, 0.05) is 6.92 Å². The van der Waals surface area contributed by atoms with Gasteiger partial charge in [0.25, 0.3) is 0 Å². The number of benzene rings is 1. The molecule has 0 bridgehead atoms. The van der Waals surface area contributed by atoms with Gasteiger partial charge in [0.15, 0.2) is 5.82 Å². The highest BCUT2D eigenvalue weighted by atomic mass is 32.2. The Hall–Kier alpha value is -1.56. The van der Waals surface area contributed by atoms with Gasteiger partial charge in [0.05, 0.1) is 21.4 Å². The monoisotopic (exact) mass is 240 g/mol. The van der Waals surface area contributed by atoms with Crippen molar-refractivity contribution in [1.82, 2.24) is 10.1 Å². The molecule has 0 saturated carbocycles. The minimum Gasteiger partial charge on any atom is -0.340 e. The van der Waals surface area contributed by atoms with Crippen LogP contribution in [0.3, 0.4) is 0 Å². The molecule has 1 aromatic carbocycles. The maximum absolute atomic E-state index is 13.3. The molecule has 16 heavy (non-hydrogen) atoms. The van der Waals surface area contributed by atoms with Gasteiger partial charge in [-0.25, -0.2) is 4.39 Å². The Kier molecular flexibility index (Phi) is 3.09. The molecule has 0 spiro atoms. The van der Waals surface area contributed by atoms with Gasteiger partial charge in [0.1, 0.15) is 5.82 Å². The van der Waals surface area contributed by atoms with Crippen molar-refractivity contribution in [3.63, 3.8) is 0 Å². The fraction of sp³-hybridized carbons (Fsp3) is 0.200. The summed E-state index contributed by atoms with van der Waals surface area (Å²) in [6.45, 7) is 1.64. The molecule has 0 amide bonds. The number of aryl methyl sites for hydroxylation is 1. The van der Waals surface area contributed by atoms with Crippen LogP contribution >= 0.6 is 0 Å². The largest absolute Gasteiger partial charge is 0.340 e. The number of aromatic nitrogens is 2. The Morgan fingerprint density at radius 2 is 2.19 bits per heavy atom. The maximum atomic E-state index is 13.3. The molecule has 0 aliphatic heterocycles. The van der Waals surface area contributed by atoms with Crippen molar-refractivity contribution in [2.45, 2.75) is 17.6 Å². The molecule has 0 aliphatic carbocycles. The number of halogens is 1. The molecule has 0 radical (unpaired) electrons. The Morgan fingerprint density at radius 1 is 1.44 bits per heavy atom. The summed E-state index contributed by atoms with van der Waals surface area (Å²) in [6.07, 6.45) is 0. The number of hydrogen-bond donors (Lipinski definition) is 0. The topological polar surface area (TPSA) is 56.0 Å². The highest BCUT2D eigenvalue weighted by Gasteiger charge is 2.13. The van der Waals surface area contributed by atoms with Crippen LogP contribution in [-0.4, -0.2) is 14.3 Å². The van der Waals surface area contributed by atoms with Crippen molar-refractivity contribution in [2.75, 3.05) is 0 Å². The van der Waals surface area contributed by atoms with Crippen molar-refractivity contribution in [3.8, 4) is 0 Å². The Morgan fingerprint density at radius 3 is 2.81 bits per heavy atom. The highest BCUT2D eigenvalue weighted by molar-refractivity contribution is 7.84. The molecule has 0 saturated heterocycles. The molecule has 0 N–H and O–H groups in total. The third-order valence-electron chi connectivity index (χ3n) is 1.91. The predicted octanol–water partition coefficient (Wildman–Crippen LogP) is 1.82. The van der Waals surface area contributed by atoms with E-state index in [2.05, 4.69) is 10.1 Å². The zero-order valence-corrected chi connectivity index (χ0v) is 9.33. The Labute approximate surface area is 93.9 Å². The number of rotatable bonds is 3. The van der Waals surface area contributed by atoms with Crippen molar-refractivity contribution < 1.29 is 13.1 Å². The molecule has 84 valence electrons. The van der Waals surface area contributed by atoms with Crippen molar-refractivity contribution in [3.05, 3.63) is 41.8 Å². The van der Waals surface area contributed by atoms with Gasteiger partial charge in [-0.05, 0) is 12.1 Å². The normalized spacial score (nSPS) is 12.6. The van der Waals surface area contributed by atoms with E-state index in [1.807, 2.05) is 0 Å². The fourth-order valence-corrected chi connectivity index (χ4v) is 2.25. The first-order valence-corrected chi connectivity index (χ1v) is 5.91. The van der Waals surface area contributed by atoms with Crippen LogP contribution in [0.4, 0.5) is 4.39 Å². The van der Waals surface area contributed by atoms with E-state index >= 15 is 0 Å². The van der Waals surface area contributed by atoms with E-state index in [4.69, 9.17) is 4.52 Å².